The normalized spacial score (nSPS) is 13.6. The highest BCUT2D eigenvalue weighted by Crippen LogP contribution is 2.38. The standard InChI is InChI=1S/C19H22N2O5S/c1-21-8-7-12-15(10-21)27-18(16(12)19(23)26-4)20-17(22)11-5-6-13(24-2)14(9-11)25-3/h5-6,9H,7-8,10H2,1-4H3,(H,20,22). The summed E-state index contributed by atoms with van der Waals surface area (Å²) in [5.74, 6) is 0.247. The number of hydrogen-bond acceptors (Lipinski definition) is 7. The minimum Gasteiger partial charge on any atom is -0.493 e. The molecule has 0 spiro atoms. The molecule has 1 amide bonds. The van der Waals surface area contributed by atoms with Gasteiger partial charge in [0.15, 0.2) is 11.5 Å². The first-order chi connectivity index (χ1) is 13.0. The van der Waals surface area contributed by atoms with E-state index >= 15 is 0 Å². The van der Waals surface area contributed by atoms with Crippen molar-refractivity contribution >= 4 is 28.2 Å². The largest absolute Gasteiger partial charge is 0.493 e. The number of esters is 1. The van der Waals surface area contributed by atoms with Gasteiger partial charge in [-0.2, -0.15) is 0 Å². The van der Waals surface area contributed by atoms with Crippen molar-refractivity contribution in [1.29, 1.82) is 0 Å². The Morgan fingerprint density at radius 3 is 2.56 bits per heavy atom. The lowest BCUT2D eigenvalue weighted by atomic mass is 10.0. The average molecular weight is 390 g/mol. The zero-order chi connectivity index (χ0) is 19.6. The molecule has 8 heteroatoms. The van der Waals surface area contributed by atoms with Gasteiger partial charge >= 0.3 is 5.97 Å². The summed E-state index contributed by atoms with van der Waals surface area (Å²) in [5, 5.41) is 3.38. The van der Waals surface area contributed by atoms with E-state index in [1.54, 1.807) is 18.2 Å². The second kappa shape index (κ2) is 7.98. The molecule has 2 aromatic rings. The molecule has 1 aliphatic rings. The van der Waals surface area contributed by atoms with E-state index in [1.165, 1.54) is 32.7 Å². The molecular formula is C19H22N2O5S. The van der Waals surface area contributed by atoms with Crippen LogP contribution in [0.3, 0.4) is 0 Å². The van der Waals surface area contributed by atoms with Crippen molar-refractivity contribution in [1.82, 2.24) is 4.90 Å². The van der Waals surface area contributed by atoms with E-state index < -0.39 is 5.97 Å². The van der Waals surface area contributed by atoms with Crippen molar-refractivity contribution in [2.24, 2.45) is 0 Å². The van der Waals surface area contributed by atoms with Crippen LogP contribution in [0, 0.1) is 0 Å². The van der Waals surface area contributed by atoms with Crippen molar-refractivity contribution in [2.45, 2.75) is 13.0 Å². The van der Waals surface area contributed by atoms with Gasteiger partial charge in [-0.1, -0.05) is 0 Å². The Morgan fingerprint density at radius 1 is 1.15 bits per heavy atom. The second-order valence-corrected chi connectivity index (χ2v) is 7.32. The number of ether oxygens (including phenoxy) is 3. The third-order valence-electron chi connectivity index (χ3n) is 4.51. The maximum Gasteiger partial charge on any atom is 0.341 e. The van der Waals surface area contributed by atoms with Gasteiger partial charge in [0.1, 0.15) is 5.00 Å². The molecule has 7 nitrogen and oxygen atoms in total. The summed E-state index contributed by atoms with van der Waals surface area (Å²) in [6.07, 6.45) is 0.749. The Kier molecular flexibility index (Phi) is 5.67. The molecule has 0 fully saturated rings. The van der Waals surface area contributed by atoms with E-state index in [9.17, 15) is 9.59 Å². The van der Waals surface area contributed by atoms with Gasteiger partial charge in [-0.25, -0.2) is 4.79 Å². The number of carbonyl (C=O) groups excluding carboxylic acids is 2. The summed E-state index contributed by atoms with van der Waals surface area (Å²) in [4.78, 5) is 28.3. The molecule has 0 bridgehead atoms. The van der Waals surface area contributed by atoms with Crippen LogP contribution < -0.4 is 14.8 Å². The molecule has 3 rings (SSSR count). The number of anilines is 1. The van der Waals surface area contributed by atoms with Gasteiger partial charge in [-0.15, -0.1) is 11.3 Å². The smallest absolute Gasteiger partial charge is 0.341 e. The molecule has 0 saturated carbocycles. The summed E-state index contributed by atoms with van der Waals surface area (Å²) in [6.45, 7) is 1.60. The highest BCUT2D eigenvalue weighted by Gasteiger charge is 2.28. The van der Waals surface area contributed by atoms with Crippen molar-refractivity contribution in [3.05, 3.63) is 39.8 Å². The number of fused-ring (bicyclic) bond motifs is 1. The van der Waals surface area contributed by atoms with Crippen LogP contribution in [0.15, 0.2) is 18.2 Å². The number of hydrogen-bond donors (Lipinski definition) is 1. The highest BCUT2D eigenvalue weighted by molar-refractivity contribution is 7.17. The average Bonchev–Trinajstić information content (AvgIpc) is 3.03. The molecule has 0 aliphatic carbocycles. The number of methoxy groups -OCH3 is 3. The zero-order valence-electron chi connectivity index (χ0n) is 15.8. The number of amides is 1. The zero-order valence-corrected chi connectivity index (χ0v) is 16.6. The fourth-order valence-electron chi connectivity index (χ4n) is 3.09. The summed E-state index contributed by atoms with van der Waals surface area (Å²) in [7, 11) is 6.43. The second-order valence-electron chi connectivity index (χ2n) is 6.21. The Labute approximate surface area is 161 Å². The number of benzene rings is 1. The van der Waals surface area contributed by atoms with Gasteiger partial charge in [0, 0.05) is 23.5 Å². The minimum atomic E-state index is -0.431. The lowest BCUT2D eigenvalue weighted by Gasteiger charge is -2.22. The summed E-state index contributed by atoms with van der Waals surface area (Å²) in [6, 6.07) is 4.92. The van der Waals surface area contributed by atoms with Crippen LogP contribution in [0.25, 0.3) is 0 Å². The van der Waals surface area contributed by atoms with Crippen molar-refractivity contribution in [3.8, 4) is 11.5 Å². The Balaban J connectivity index is 1.93. The van der Waals surface area contributed by atoms with Crippen LogP contribution in [0.2, 0.25) is 0 Å². The van der Waals surface area contributed by atoms with Gasteiger partial charge < -0.3 is 24.4 Å². The van der Waals surface area contributed by atoms with Crippen LogP contribution in [-0.2, 0) is 17.7 Å². The number of carbonyl (C=O) groups is 2. The van der Waals surface area contributed by atoms with E-state index in [2.05, 4.69) is 10.2 Å². The van der Waals surface area contributed by atoms with Gasteiger partial charge in [0.25, 0.3) is 5.91 Å². The molecule has 0 saturated heterocycles. The van der Waals surface area contributed by atoms with E-state index in [0.29, 0.717) is 27.6 Å². The topological polar surface area (TPSA) is 77.1 Å². The predicted molar refractivity (Wildman–Crippen MR) is 103 cm³/mol. The van der Waals surface area contributed by atoms with E-state index in [0.717, 1.165) is 30.0 Å². The van der Waals surface area contributed by atoms with Crippen LogP contribution >= 0.6 is 11.3 Å². The summed E-state index contributed by atoms with van der Waals surface area (Å²) < 4.78 is 15.4. The maximum absolute atomic E-state index is 12.8. The monoisotopic (exact) mass is 390 g/mol. The predicted octanol–water partition coefficient (Wildman–Crippen LogP) is 2.79. The number of nitrogens with one attached hydrogen (secondary N) is 1. The van der Waals surface area contributed by atoms with Gasteiger partial charge in [0.05, 0.1) is 26.9 Å². The summed E-state index contributed by atoms with van der Waals surface area (Å²) >= 11 is 1.42. The quantitative estimate of drug-likeness (QED) is 0.791. The third-order valence-corrected chi connectivity index (χ3v) is 5.64. The molecule has 0 atom stereocenters. The van der Waals surface area contributed by atoms with Crippen molar-refractivity contribution in [2.75, 3.05) is 40.2 Å². The summed E-state index contributed by atoms with van der Waals surface area (Å²) in [5.41, 5.74) is 1.83. The lowest BCUT2D eigenvalue weighted by molar-refractivity contribution is 0.0600. The van der Waals surface area contributed by atoms with E-state index in [1.807, 2.05) is 7.05 Å². The molecule has 1 aromatic carbocycles. The molecule has 1 aromatic heterocycles. The molecule has 144 valence electrons. The number of likely N-dealkylation sites (N-methyl/N-ethyl adjacent to an activating group) is 1. The van der Waals surface area contributed by atoms with E-state index in [-0.39, 0.29) is 5.91 Å². The molecule has 0 radical (unpaired) electrons. The Bertz CT molecular complexity index is 877. The van der Waals surface area contributed by atoms with Crippen LogP contribution in [0.5, 0.6) is 11.5 Å². The molecule has 1 aliphatic heterocycles. The highest BCUT2D eigenvalue weighted by atomic mass is 32.1. The molecule has 2 heterocycles. The van der Waals surface area contributed by atoms with Gasteiger partial charge in [-0.05, 0) is 37.2 Å². The van der Waals surface area contributed by atoms with E-state index in [4.69, 9.17) is 14.2 Å². The third kappa shape index (κ3) is 3.77. The molecule has 0 unspecified atom stereocenters. The number of nitrogens with zero attached hydrogens (tertiary/aromatic N) is 1. The maximum atomic E-state index is 12.8. The molecule has 1 N–H and O–H groups in total. The van der Waals surface area contributed by atoms with Gasteiger partial charge in [0.2, 0.25) is 0 Å². The Morgan fingerprint density at radius 2 is 1.89 bits per heavy atom. The van der Waals surface area contributed by atoms with Crippen molar-refractivity contribution in [3.63, 3.8) is 0 Å². The first kappa shape index (κ1) is 19.2. The van der Waals surface area contributed by atoms with Crippen LogP contribution in [-0.4, -0.2) is 51.7 Å². The SMILES string of the molecule is COC(=O)c1c(NC(=O)c2ccc(OC)c(OC)c2)sc2c1CCN(C)C2. The fraction of sp³-hybridized carbons (Fsp3) is 0.368. The van der Waals surface area contributed by atoms with Crippen LogP contribution in [0.4, 0.5) is 5.00 Å². The number of thiophene rings is 1. The first-order valence-electron chi connectivity index (χ1n) is 8.43. The molecule has 27 heavy (non-hydrogen) atoms. The number of rotatable bonds is 5. The fourth-order valence-corrected chi connectivity index (χ4v) is 4.40. The van der Waals surface area contributed by atoms with Crippen LogP contribution in [0.1, 0.15) is 31.2 Å². The Hall–Kier alpha value is -2.58. The van der Waals surface area contributed by atoms with Crippen molar-refractivity contribution < 1.29 is 23.8 Å². The van der Waals surface area contributed by atoms with Gasteiger partial charge in [-0.3, -0.25) is 4.79 Å². The lowest BCUT2D eigenvalue weighted by Crippen LogP contribution is -2.26. The minimum absolute atomic E-state index is 0.326. The molecular weight excluding hydrogens is 368 g/mol. The first-order valence-corrected chi connectivity index (χ1v) is 9.24.